The fourth-order valence-electron chi connectivity index (χ4n) is 0.424. The maximum atomic E-state index is 8.12. The van der Waals surface area contributed by atoms with E-state index in [9.17, 15) is 0 Å². The molecule has 2 nitrogen and oxygen atoms in total. The Bertz CT molecular complexity index is 95.6. The zero-order valence-corrected chi connectivity index (χ0v) is 6.05. The summed E-state index contributed by atoms with van der Waals surface area (Å²) >= 11 is 0. The number of rotatable bonds is 4. The van der Waals surface area contributed by atoms with Gasteiger partial charge in [-0.1, -0.05) is 6.92 Å². The fourth-order valence-corrected chi connectivity index (χ4v) is 0.424. The predicted octanol–water partition coefficient (Wildman–Crippen LogP) is 1.72. The number of ether oxygens (including phenoxy) is 1. The molecule has 0 fully saturated rings. The Morgan fingerprint density at radius 3 is 2.78 bits per heavy atom. The van der Waals surface area contributed by atoms with Crippen LogP contribution in [0.2, 0.25) is 0 Å². The van der Waals surface area contributed by atoms with E-state index in [0.717, 1.165) is 6.42 Å². The molecule has 0 saturated heterocycles. The predicted molar refractivity (Wildman–Crippen MR) is 35.9 cm³/mol. The van der Waals surface area contributed by atoms with E-state index in [-0.39, 0.29) is 0 Å². The molecular formula is C7H13NO. The number of nitrogens with zero attached hydrogens (tertiary/aromatic N) is 1. The van der Waals surface area contributed by atoms with Gasteiger partial charge < -0.3 is 4.74 Å². The van der Waals surface area contributed by atoms with Crippen LogP contribution in [0.25, 0.3) is 0 Å². The van der Waals surface area contributed by atoms with Gasteiger partial charge in [0.05, 0.1) is 25.2 Å². The van der Waals surface area contributed by atoms with Gasteiger partial charge in [-0.2, -0.15) is 5.26 Å². The Hall–Kier alpha value is -0.550. The molecule has 52 valence electrons. The Morgan fingerprint density at radius 2 is 2.33 bits per heavy atom. The molecule has 0 saturated carbocycles. The third-order valence-electron chi connectivity index (χ3n) is 1.19. The Balaban J connectivity index is 2.99. The van der Waals surface area contributed by atoms with Crippen molar-refractivity contribution in [3.05, 3.63) is 0 Å². The minimum absolute atomic E-state index is 0.304. The van der Waals surface area contributed by atoms with E-state index in [2.05, 4.69) is 6.92 Å². The van der Waals surface area contributed by atoms with Crippen molar-refractivity contribution in [1.82, 2.24) is 0 Å². The van der Waals surface area contributed by atoms with Gasteiger partial charge in [0.25, 0.3) is 0 Å². The highest BCUT2D eigenvalue weighted by Crippen LogP contribution is 1.95. The smallest absolute Gasteiger partial charge is 0.0645 e. The molecule has 2 heteroatoms. The first kappa shape index (κ1) is 8.45. The number of hydrogen-bond acceptors (Lipinski definition) is 2. The molecule has 9 heavy (non-hydrogen) atoms. The molecule has 0 aliphatic rings. The molecule has 0 amide bonds. The van der Waals surface area contributed by atoms with Crippen LogP contribution >= 0.6 is 0 Å². The van der Waals surface area contributed by atoms with Gasteiger partial charge >= 0.3 is 0 Å². The first-order chi connectivity index (χ1) is 4.31. The molecule has 0 aliphatic carbocycles. The molecule has 0 spiro atoms. The van der Waals surface area contributed by atoms with E-state index in [4.69, 9.17) is 10.00 Å². The molecule has 1 unspecified atom stereocenters. The second-order valence-electron chi connectivity index (χ2n) is 2.00. The standard InChI is InChI=1S/C7H13NO/c1-3-7(2)9-6-4-5-8/h7H,3-4,6H2,1-2H3. The van der Waals surface area contributed by atoms with Crippen LogP contribution in [0.1, 0.15) is 26.7 Å². The molecule has 0 aliphatic heterocycles. The van der Waals surface area contributed by atoms with Gasteiger partial charge in [0.15, 0.2) is 0 Å². The third kappa shape index (κ3) is 5.32. The lowest BCUT2D eigenvalue weighted by atomic mass is 10.3. The average Bonchev–Trinajstić information content (AvgIpc) is 1.89. The van der Waals surface area contributed by atoms with E-state index in [1.54, 1.807) is 0 Å². The molecule has 0 aromatic carbocycles. The van der Waals surface area contributed by atoms with Crippen molar-refractivity contribution < 1.29 is 4.74 Å². The largest absolute Gasteiger partial charge is 0.377 e. The summed E-state index contributed by atoms with van der Waals surface area (Å²) in [7, 11) is 0. The molecule has 0 bridgehead atoms. The number of hydrogen-bond donors (Lipinski definition) is 0. The highest BCUT2D eigenvalue weighted by molar-refractivity contribution is 4.67. The van der Waals surface area contributed by atoms with Gasteiger partial charge in [-0.15, -0.1) is 0 Å². The van der Waals surface area contributed by atoms with E-state index < -0.39 is 0 Å². The fraction of sp³-hybridized carbons (Fsp3) is 0.857. The first-order valence-corrected chi connectivity index (χ1v) is 3.29. The zero-order chi connectivity index (χ0) is 7.11. The maximum absolute atomic E-state index is 8.12. The quantitative estimate of drug-likeness (QED) is 0.538. The van der Waals surface area contributed by atoms with Gasteiger partial charge in [-0.05, 0) is 13.3 Å². The lowest BCUT2D eigenvalue weighted by molar-refractivity contribution is 0.0678. The van der Waals surface area contributed by atoms with Gasteiger partial charge in [0, 0.05) is 0 Å². The van der Waals surface area contributed by atoms with Crippen molar-refractivity contribution in [3.8, 4) is 6.07 Å². The summed E-state index contributed by atoms with van der Waals surface area (Å²) < 4.78 is 5.21. The molecule has 0 rings (SSSR count). The van der Waals surface area contributed by atoms with E-state index in [1.807, 2.05) is 13.0 Å². The zero-order valence-electron chi connectivity index (χ0n) is 6.05. The van der Waals surface area contributed by atoms with E-state index >= 15 is 0 Å². The van der Waals surface area contributed by atoms with Crippen LogP contribution in [-0.2, 0) is 4.74 Å². The summed E-state index contributed by atoms with van der Waals surface area (Å²) in [5.74, 6) is 0. The second kappa shape index (κ2) is 5.58. The SMILES string of the molecule is CCC(C)OCCC#N. The van der Waals surface area contributed by atoms with Crippen LogP contribution in [-0.4, -0.2) is 12.7 Å². The van der Waals surface area contributed by atoms with Crippen LogP contribution in [0.15, 0.2) is 0 Å². The topological polar surface area (TPSA) is 33.0 Å². The first-order valence-electron chi connectivity index (χ1n) is 3.29. The summed E-state index contributed by atoms with van der Waals surface area (Å²) in [6, 6.07) is 2.02. The van der Waals surface area contributed by atoms with Crippen molar-refractivity contribution in [2.24, 2.45) is 0 Å². The van der Waals surface area contributed by atoms with E-state index in [0.29, 0.717) is 19.1 Å². The van der Waals surface area contributed by atoms with Crippen LogP contribution in [0, 0.1) is 11.3 Å². The summed E-state index contributed by atoms with van der Waals surface area (Å²) in [6.45, 7) is 4.65. The van der Waals surface area contributed by atoms with Crippen LogP contribution in [0.3, 0.4) is 0 Å². The summed E-state index contributed by atoms with van der Waals surface area (Å²) in [5, 5.41) is 8.12. The normalized spacial score (nSPS) is 12.6. The number of nitriles is 1. The van der Waals surface area contributed by atoms with Crippen molar-refractivity contribution >= 4 is 0 Å². The van der Waals surface area contributed by atoms with Gasteiger partial charge in [-0.25, -0.2) is 0 Å². The Kier molecular flexibility index (Phi) is 5.24. The third-order valence-corrected chi connectivity index (χ3v) is 1.19. The van der Waals surface area contributed by atoms with Crippen molar-refractivity contribution in [1.29, 1.82) is 5.26 Å². The minimum Gasteiger partial charge on any atom is -0.377 e. The lowest BCUT2D eigenvalue weighted by Gasteiger charge is -2.06. The highest BCUT2D eigenvalue weighted by Gasteiger charge is 1.95. The van der Waals surface area contributed by atoms with E-state index in [1.165, 1.54) is 0 Å². The van der Waals surface area contributed by atoms with Crippen LogP contribution in [0.4, 0.5) is 0 Å². The van der Waals surface area contributed by atoms with Gasteiger partial charge in [0.1, 0.15) is 0 Å². The Labute approximate surface area is 56.4 Å². The molecule has 1 atom stereocenters. The summed E-state index contributed by atoms with van der Waals surface area (Å²) in [4.78, 5) is 0. The van der Waals surface area contributed by atoms with Crippen LogP contribution < -0.4 is 0 Å². The maximum Gasteiger partial charge on any atom is 0.0645 e. The molecule has 0 N–H and O–H groups in total. The average molecular weight is 127 g/mol. The minimum atomic E-state index is 0.304. The van der Waals surface area contributed by atoms with Gasteiger partial charge in [0.2, 0.25) is 0 Å². The Morgan fingerprint density at radius 1 is 1.67 bits per heavy atom. The second-order valence-corrected chi connectivity index (χ2v) is 2.00. The van der Waals surface area contributed by atoms with Gasteiger partial charge in [-0.3, -0.25) is 0 Å². The summed E-state index contributed by atoms with van der Waals surface area (Å²) in [5.41, 5.74) is 0. The van der Waals surface area contributed by atoms with Crippen molar-refractivity contribution in [2.45, 2.75) is 32.8 Å². The van der Waals surface area contributed by atoms with Crippen molar-refractivity contribution in [2.75, 3.05) is 6.61 Å². The lowest BCUT2D eigenvalue weighted by Crippen LogP contribution is -2.06. The monoisotopic (exact) mass is 127 g/mol. The van der Waals surface area contributed by atoms with Crippen molar-refractivity contribution in [3.63, 3.8) is 0 Å². The molecule has 0 aromatic heterocycles. The highest BCUT2D eigenvalue weighted by atomic mass is 16.5. The molecule has 0 heterocycles. The molecular weight excluding hydrogens is 114 g/mol. The summed E-state index contributed by atoms with van der Waals surface area (Å²) in [6.07, 6.45) is 1.83. The van der Waals surface area contributed by atoms with Crippen LogP contribution in [0.5, 0.6) is 0 Å². The molecule has 0 aromatic rings. The molecule has 0 radical (unpaired) electrons.